The highest BCUT2D eigenvalue weighted by molar-refractivity contribution is 6.77. The lowest BCUT2D eigenvalue weighted by molar-refractivity contribution is -0.00478. The van der Waals surface area contributed by atoms with Gasteiger partial charge in [0, 0.05) is 20.6 Å². The van der Waals surface area contributed by atoms with Crippen molar-refractivity contribution in [3.63, 3.8) is 0 Å². The standard InChI is InChI=1S/C20H34O.C19H24.C17H20.C16H28OSi.C16H18.C14H22.C14H20.C13H22Si.C11H16/c1-16-15-17(19-13-9-8-12-18(16)19)11-7-5-6-10-14-21-20(2,3)4;1-15-14-17(19-13-6-5-12-18(15)19)11-7-10-16-8-3-2-4-9-16;1-13-11-15(12-14-7-3-2-4-8-14)17-10-6-5-9-16(13)17;1-12-11-15(14-10-8-7-9-13(12)14)17-18(5,6)16(2,3)4;1-12-11-16(13-7-3-2-4-8-13)15-10-6-5-9-14(12)15;2*1-3-4-7-12-10-11(2)13-8-5-6-9-14(12)13;1-10-9-13(14(2,3)4)12-8-6-5-7-11(10)12;1-8-7-9(2)11-6-4-3-5-10(8)11/h8-9,12-13,16-19H,5-7,10-11,14-15H2,1-4H3;2-6,8-9,12-13,15,17-19H,7,10-11,14H2,1H3;2-10,13,15-17H,11-12H2,1H3;7-10,12-15H,11H2,1-6H3;2-10,12,14-16H,11H2,1H3;5-6,8-9,11-14H,3-4,7,10H2,1-2H3;3,5-6,8-9,11-14H,1,4,7,10H2,2H3;5-8,10-13H,9H2,1-4H3;3-6,8-11H,7H2,1-2H3. The van der Waals surface area contributed by atoms with Crippen LogP contribution in [0.25, 0.3) is 0 Å². The lowest BCUT2D eigenvalue weighted by Crippen LogP contribution is -2.45. The highest BCUT2D eigenvalue weighted by Gasteiger charge is 2.50. The Balaban J connectivity index is 0.000000136. The molecule has 9 saturated carbocycles. The van der Waals surface area contributed by atoms with Crippen molar-refractivity contribution in [1.82, 2.24) is 0 Å². The zero-order chi connectivity index (χ0) is 103. The van der Waals surface area contributed by atoms with E-state index >= 15 is 0 Å². The Bertz CT molecular complexity index is 4890. The zero-order valence-corrected chi connectivity index (χ0v) is 96.8. The molecule has 2 nitrogen and oxygen atoms in total. The van der Waals surface area contributed by atoms with E-state index in [1.807, 2.05) is 0 Å². The molecular formula is C140H204O2Si2. The predicted octanol–water partition coefficient (Wildman–Crippen LogP) is 39.2. The molecule has 21 rings (SSSR count). The van der Waals surface area contributed by atoms with E-state index in [2.05, 4.69) is 473 Å². The van der Waals surface area contributed by atoms with Crippen LogP contribution in [0.1, 0.15) is 275 Å². The molecule has 18 aliphatic carbocycles. The molecule has 0 aromatic heterocycles. The summed E-state index contributed by atoms with van der Waals surface area (Å²) in [5.74, 6) is 28.3. The van der Waals surface area contributed by atoms with Crippen LogP contribution in [0.2, 0.25) is 43.3 Å². The summed E-state index contributed by atoms with van der Waals surface area (Å²) in [4.78, 5) is 0. The lowest BCUT2D eigenvalue weighted by atomic mass is 9.82. The molecule has 784 valence electrons. The minimum atomic E-state index is -1.63. The topological polar surface area (TPSA) is 18.5 Å². The molecule has 36 atom stereocenters. The van der Waals surface area contributed by atoms with Gasteiger partial charge in [0.05, 0.1) is 11.7 Å². The van der Waals surface area contributed by atoms with E-state index in [1.165, 1.54) is 164 Å². The quantitative estimate of drug-likeness (QED) is 0.0535. The van der Waals surface area contributed by atoms with Gasteiger partial charge in [0.1, 0.15) is 0 Å². The molecule has 0 heterocycles. The van der Waals surface area contributed by atoms with Crippen molar-refractivity contribution >= 4 is 16.4 Å². The molecule has 0 saturated heterocycles. The lowest BCUT2D eigenvalue weighted by Gasteiger charge is -2.40. The van der Waals surface area contributed by atoms with Crippen molar-refractivity contribution in [2.24, 2.45) is 195 Å². The van der Waals surface area contributed by atoms with Crippen LogP contribution in [0.4, 0.5) is 0 Å². The molecule has 0 radical (unpaired) electrons. The fraction of sp³-hybridized carbons (Fsp3) is 0.600. The molecule has 9 fully saturated rings. The maximum Gasteiger partial charge on any atom is 0.192 e. The first-order valence-corrected chi connectivity index (χ1v) is 65.9. The van der Waals surface area contributed by atoms with Gasteiger partial charge in [-0.2, -0.15) is 0 Å². The van der Waals surface area contributed by atoms with E-state index in [-0.39, 0.29) is 5.60 Å². The van der Waals surface area contributed by atoms with Crippen LogP contribution in [0.15, 0.2) is 322 Å². The van der Waals surface area contributed by atoms with Crippen molar-refractivity contribution in [3.05, 3.63) is 339 Å². The van der Waals surface area contributed by atoms with Gasteiger partial charge in [-0.25, -0.2) is 0 Å². The van der Waals surface area contributed by atoms with Crippen LogP contribution < -0.4 is 0 Å². The fourth-order valence-electron chi connectivity index (χ4n) is 30.3. The Morgan fingerprint density at radius 3 is 1.01 bits per heavy atom. The van der Waals surface area contributed by atoms with Crippen molar-refractivity contribution in [2.75, 3.05) is 6.61 Å². The van der Waals surface area contributed by atoms with Gasteiger partial charge in [0.2, 0.25) is 0 Å². The zero-order valence-electron chi connectivity index (χ0n) is 94.8. The molecule has 36 unspecified atom stereocenters. The molecule has 0 bridgehead atoms. The van der Waals surface area contributed by atoms with Gasteiger partial charge in [-0.15, -0.1) is 6.58 Å². The van der Waals surface area contributed by atoms with Crippen LogP contribution >= 0.6 is 0 Å². The van der Waals surface area contributed by atoms with E-state index in [9.17, 15) is 0 Å². The third-order valence-electron chi connectivity index (χ3n) is 39.1. The number of hydrogen-bond acceptors (Lipinski definition) is 2. The van der Waals surface area contributed by atoms with E-state index in [4.69, 9.17) is 9.16 Å². The maximum absolute atomic E-state index is 6.66. The van der Waals surface area contributed by atoms with Gasteiger partial charge in [-0.05, 0) is 372 Å². The highest BCUT2D eigenvalue weighted by Crippen LogP contribution is 2.57. The van der Waals surface area contributed by atoms with Gasteiger partial charge in [0.25, 0.3) is 0 Å². The average Bonchev–Trinajstić information content (AvgIpc) is 1.60. The maximum atomic E-state index is 6.66. The van der Waals surface area contributed by atoms with E-state index < -0.39 is 16.4 Å². The summed E-state index contributed by atoms with van der Waals surface area (Å²) in [5.41, 5.74) is 5.53. The van der Waals surface area contributed by atoms with Crippen LogP contribution in [-0.2, 0) is 22.0 Å². The van der Waals surface area contributed by atoms with Crippen molar-refractivity contribution in [2.45, 2.75) is 326 Å². The monoisotopic (exact) mass is 1970 g/mol. The number of fused-ring (bicyclic) bond motifs is 9. The van der Waals surface area contributed by atoms with Crippen LogP contribution in [0.3, 0.4) is 0 Å². The average molecular weight is 1980 g/mol. The molecule has 18 aliphatic rings. The number of ether oxygens (including phenoxy) is 1. The molecule has 0 spiro atoms. The third kappa shape index (κ3) is 31.6. The van der Waals surface area contributed by atoms with Gasteiger partial charge in [-0.1, -0.05) is 464 Å². The van der Waals surface area contributed by atoms with Crippen molar-refractivity contribution in [1.29, 1.82) is 0 Å². The molecule has 0 amide bonds. The number of rotatable bonds is 23. The summed E-state index contributed by atoms with van der Waals surface area (Å²) in [7, 11) is -2.59. The third-order valence-corrected chi connectivity index (χ3v) is 46.5. The molecule has 3 aromatic rings. The van der Waals surface area contributed by atoms with Crippen LogP contribution in [-0.4, -0.2) is 34.7 Å². The first-order chi connectivity index (χ1) is 69.2. The first-order valence-electron chi connectivity index (χ1n) is 59.4. The summed E-state index contributed by atoms with van der Waals surface area (Å²) < 4.78 is 12.4. The normalized spacial score (nSPS) is 37.0. The Morgan fingerprint density at radius 1 is 0.299 bits per heavy atom. The Labute approximate surface area is 886 Å². The minimum Gasteiger partial charge on any atom is -0.413 e. The minimum absolute atomic E-state index is 0.0236. The van der Waals surface area contributed by atoms with Gasteiger partial charge in [-0.3, -0.25) is 0 Å². The smallest absolute Gasteiger partial charge is 0.192 e. The number of aryl methyl sites for hydroxylation is 1. The summed E-state index contributed by atoms with van der Waals surface area (Å²) in [6, 6.07) is 32.9. The SMILES string of the molecule is C=CCCC1CC(C)C2C=CC=CC12.CC1CC(C)C2C=CC=CC12.CC1CC(CCCCCCOC(C)(C)C)C2C=CC=CC12.CC1CC(CCCc2ccccc2)C2C=CC=CC12.CC1CC(Cc2ccccc2)C2C=CC=CC12.CC1CC(O[Si](C)(C)C(C)(C)C)C2C=CC=CC12.CC1CC([Si](C)(C)C)C2C=CC=CC12.CC1CC(c2ccccc2)C2C=CC=CC12.CCCCC1CC(C)C2C=CC=CC12. The highest BCUT2D eigenvalue weighted by atomic mass is 28.4. The molecule has 0 aliphatic heterocycles. The van der Waals surface area contributed by atoms with Crippen LogP contribution in [0, 0.1) is 195 Å². The van der Waals surface area contributed by atoms with E-state index in [0.29, 0.717) is 23.0 Å². The van der Waals surface area contributed by atoms with Crippen molar-refractivity contribution in [3.8, 4) is 0 Å². The Hall–Kier alpha value is -6.93. The summed E-state index contributed by atoms with van der Waals surface area (Å²) in [6.07, 6.45) is 117. The number of benzene rings is 3. The molecule has 4 heteroatoms. The number of hydrogen-bond donors (Lipinski definition) is 0. The summed E-state index contributed by atoms with van der Waals surface area (Å²) >= 11 is 0. The molecule has 3 aromatic carbocycles. The molecule has 144 heavy (non-hydrogen) atoms. The fourth-order valence-corrected chi connectivity index (χ4v) is 34.2. The van der Waals surface area contributed by atoms with E-state index in [1.54, 1.807) is 0 Å². The second-order valence-corrected chi connectivity index (χ2v) is 62.9. The second-order valence-electron chi connectivity index (χ2n) is 52.7. The Morgan fingerprint density at radius 2 is 0.604 bits per heavy atom. The first kappa shape index (κ1) is 114. The van der Waals surface area contributed by atoms with Gasteiger partial charge < -0.3 is 9.16 Å². The molecule has 0 N–H and O–H groups in total. The largest absolute Gasteiger partial charge is 0.413 e. The van der Waals surface area contributed by atoms with Gasteiger partial charge >= 0.3 is 0 Å². The van der Waals surface area contributed by atoms with E-state index in [0.717, 1.165) is 202 Å². The number of unbranched alkanes of at least 4 members (excludes halogenated alkanes) is 4. The van der Waals surface area contributed by atoms with Gasteiger partial charge in [0.15, 0.2) is 8.32 Å². The Kier molecular flexibility index (Phi) is 43.8. The summed E-state index contributed by atoms with van der Waals surface area (Å²) in [6.45, 7) is 56.8. The summed E-state index contributed by atoms with van der Waals surface area (Å²) in [5, 5.41) is 0.308. The number of allylic oxidation sites excluding steroid dienone is 36. The van der Waals surface area contributed by atoms with Crippen LogP contribution in [0.5, 0.6) is 0 Å². The second kappa shape index (κ2) is 55.2. The predicted molar refractivity (Wildman–Crippen MR) is 634 cm³/mol. The molecular weight excluding hydrogens is 1770 g/mol. The van der Waals surface area contributed by atoms with Crippen molar-refractivity contribution < 1.29 is 9.16 Å².